The van der Waals surface area contributed by atoms with Gasteiger partial charge in [-0.1, -0.05) is 13.3 Å². The Morgan fingerprint density at radius 3 is 2.29 bits per heavy atom. The van der Waals surface area contributed by atoms with Gasteiger partial charge in [0, 0.05) is 12.1 Å². The van der Waals surface area contributed by atoms with Gasteiger partial charge in [0.25, 0.3) is 0 Å². The first-order valence-electron chi connectivity index (χ1n) is 6.19. The molecule has 2 fully saturated rings. The lowest BCUT2D eigenvalue weighted by molar-refractivity contribution is -0.0591. The van der Waals surface area contributed by atoms with Crippen molar-refractivity contribution in [3.63, 3.8) is 0 Å². The van der Waals surface area contributed by atoms with Crippen LogP contribution < -0.4 is 0 Å². The molecule has 0 aromatic heterocycles. The van der Waals surface area contributed by atoms with Gasteiger partial charge in [0.2, 0.25) is 0 Å². The first-order valence-corrected chi connectivity index (χ1v) is 6.19. The molecule has 1 unspecified atom stereocenters. The summed E-state index contributed by atoms with van der Waals surface area (Å²) in [5.41, 5.74) is 1.09. The first kappa shape index (κ1) is 10.5. The molecule has 2 aliphatic rings. The summed E-state index contributed by atoms with van der Waals surface area (Å²) in [5, 5.41) is 0. The molecule has 0 aromatic carbocycles. The minimum atomic E-state index is 0.378. The summed E-state index contributed by atoms with van der Waals surface area (Å²) in [6, 6.07) is 0. The molecule has 82 valence electrons. The van der Waals surface area contributed by atoms with E-state index >= 15 is 0 Å². The lowest BCUT2D eigenvalue weighted by Crippen LogP contribution is -2.56. The molecule has 2 rings (SSSR count). The van der Waals surface area contributed by atoms with Crippen LogP contribution in [0, 0.1) is 11.3 Å². The minimum absolute atomic E-state index is 0.378. The second kappa shape index (κ2) is 3.23. The van der Waals surface area contributed by atoms with E-state index in [0.717, 1.165) is 5.92 Å². The van der Waals surface area contributed by atoms with Gasteiger partial charge in [-0.3, -0.25) is 4.90 Å². The molecule has 1 spiro atoms. The van der Waals surface area contributed by atoms with Gasteiger partial charge in [0.05, 0.1) is 0 Å². The summed E-state index contributed by atoms with van der Waals surface area (Å²) >= 11 is 0. The van der Waals surface area contributed by atoms with Gasteiger partial charge in [0.1, 0.15) is 0 Å². The van der Waals surface area contributed by atoms with Crippen LogP contribution in [0.3, 0.4) is 0 Å². The topological polar surface area (TPSA) is 3.24 Å². The van der Waals surface area contributed by atoms with Crippen molar-refractivity contribution in [1.29, 1.82) is 0 Å². The highest BCUT2D eigenvalue weighted by molar-refractivity contribution is 4.99. The van der Waals surface area contributed by atoms with E-state index in [9.17, 15) is 0 Å². The summed E-state index contributed by atoms with van der Waals surface area (Å²) in [7, 11) is 0. The monoisotopic (exact) mass is 195 g/mol. The van der Waals surface area contributed by atoms with Crippen LogP contribution in [-0.4, -0.2) is 23.5 Å². The number of piperidine rings is 1. The van der Waals surface area contributed by atoms with Crippen LogP contribution in [0.5, 0.6) is 0 Å². The highest BCUT2D eigenvalue weighted by Gasteiger charge is 2.46. The molecule has 1 nitrogen and oxygen atoms in total. The molecular weight excluding hydrogens is 170 g/mol. The van der Waals surface area contributed by atoms with E-state index in [1.54, 1.807) is 0 Å². The molecular formula is C13H25N. The Balaban J connectivity index is 2.06. The van der Waals surface area contributed by atoms with Crippen molar-refractivity contribution in [3.05, 3.63) is 0 Å². The normalized spacial score (nSPS) is 33.0. The summed E-state index contributed by atoms with van der Waals surface area (Å²) in [6.45, 7) is 12.2. The molecule has 1 atom stereocenters. The predicted octanol–water partition coefficient (Wildman–Crippen LogP) is 3.30. The van der Waals surface area contributed by atoms with E-state index in [0.29, 0.717) is 11.0 Å². The maximum atomic E-state index is 2.70. The molecule has 0 aromatic rings. The lowest BCUT2D eigenvalue weighted by atomic mass is 9.58. The van der Waals surface area contributed by atoms with Crippen LogP contribution >= 0.6 is 0 Å². The summed E-state index contributed by atoms with van der Waals surface area (Å²) < 4.78 is 0. The fraction of sp³-hybridized carbons (Fsp3) is 1.00. The SMILES string of the molecule is CC1CCN(C(C)(C)C)CC12CCC2. The minimum Gasteiger partial charge on any atom is -0.298 e. The van der Waals surface area contributed by atoms with E-state index in [1.807, 2.05) is 0 Å². The standard InChI is InChI=1S/C13H25N/c1-11-6-9-14(12(2,3)4)10-13(11)7-5-8-13/h11H,5-10H2,1-4H3. The molecule has 0 N–H and O–H groups in total. The van der Waals surface area contributed by atoms with Crippen molar-refractivity contribution in [1.82, 2.24) is 4.90 Å². The second-order valence-corrected chi connectivity index (χ2v) is 6.50. The molecule has 1 heteroatoms. The fourth-order valence-electron chi connectivity index (χ4n) is 3.13. The van der Waals surface area contributed by atoms with Crippen molar-refractivity contribution in [3.8, 4) is 0 Å². The molecule has 0 radical (unpaired) electrons. The van der Waals surface area contributed by atoms with Crippen LogP contribution in [0.2, 0.25) is 0 Å². The Bertz CT molecular complexity index is 210. The molecule has 1 aliphatic carbocycles. The summed E-state index contributed by atoms with van der Waals surface area (Å²) in [5.74, 6) is 0.967. The number of hydrogen-bond acceptors (Lipinski definition) is 1. The van der Waals surface area contributed by atoms with Crippen molar-refractivity contribution >= 4 is 0 Å². The first-order chi connectivity index (χ1) is 6.44. The van der Waals surface area contributed by atoms with Crippen LogP contribution in [0.1, 0.15) is 53.4 Å². The van der Waals surface area contributed by atoms with Crippen molar-refractivity contribution < 1.29 is 0 Å². The second-order valence-electron chi connectivity index (χ2n) is 6.50. The maximum absolute atomic E-state index is 2.70. The Hall–Kier alpha value is -0.0400. The lowest BCUT2D eigenvalue weighted by Gasteiger charge is -2.56. The van der Waals surface area contributed by atoms with E-state index in [4.69, 9.17) is 0 Å². The molecule has 0 amide bonds. The van der Waals surface area contributed by atoms with Crippen molar-refractivity contribution in [2.24, 2.45) is 11.3 Å². The Morgan fingerprint density at radius 2 is 1.86 bits per heavy atom. The quantitative estimate of drug-likeness (QED) is 0.573. The van der Waals surface area contributed by atoms with Gasteiger partial charge in [0.15, 0.2) is 0 Å². The number of rotatable bonds is 0. The molecule has 14 heavy (non-hydrogen) atoms. The van der Waals surface area contributed by atoms with Gasteiger partial charge in [-0.25, -0.2) is 0 Å². The number of likely N-dealkylation sites (tertiary alicyclic amines) is 1. The highest BCUT2D eigenvalue weighted by atomic mass is 15.2. The molecule has 1 aliphatic heterocycles. The smallest absolute Gasteiger partial charge is 0.0125 e. The zero-order valence-electron chi connectivity index (χ0n) is 10.3. The van der Waals surface area contributed by atoms with Gasteiger partial charge in [-0.2, -0.15) is 0 Å². The summed E-state index contributed by atoms with van der Waals surface area (Å²) in [6.07, 6.45) is 5.86. The largest absolute Gasteiger partial charge is 0.298 e. The van der Waals surface area contributed by atoms with Crippen molar-refractivity contribution in [2.45, 2.75) is 58.9 Å². The van der Waals surface area contributed by atoms with E-state index in [1.165, 1.54) is 38.8 Å². The zero-order chi connectivity index (χ0) is 10.4. The van der Waals surface area contributed by atoms with Crippen molar-refractivity contribution in [2.75, 3.05) is 13.1 Å². The molecule has 1 saturated heterocycles. The van der Waals surface area contributed by atoms with Crippen LogP contribution in [-0.2, 0) is 0 Å². The number of nitrogens with zero attached hydrogens (tertiary/aromatic N) is 1. The Labute approximate surface area is 88.9 Å². The predicted molar refractivity (Wildman–Crippen MR) is 61.4 cm³/mol. The Kier molecular flexibility index (Phi) is 2.42. The van der Waals surface area contributed by atoms with Gasteiger partial charge in [-0.15, -0.1) is 0 Å². The molecule has 0 bridgehead atoms. The van der Waals surface area contributed by atoms with E-state index in [2.05, 4.69) is 32.6 Å². The van der Waals surface area contributed by atoms with E-state index in [-0.39, 0.29) is 0 Å². The van der Waals surface area contributed by atoms with Gasteiger partial charge in [-0.05, 0) is 57.9 Å². The summed E-state index contributed by atoms with van der Waals surface area (Å²) in [4.78, 5) is 2.70. The third-order valence-corrected chi connectivity index (χ3v) is 4.68. The van der Waals surface area contributed by atoms with E-state index < -0.39 is 0 Å². The average Bonchev–Trinajstić information content (AvgIpc) is 2.00. The highest BCUT2D eigenvalue weighted by Crippen LogP contribution is 2.51. The van der Waals surface area contributed by atoms with Crippen LogP contribution in [0.4, 0.5) is 0 Å². The third-order valence-electron chi connectivity index (χ3n) is 4.68. The zero-order valence-corrected chi connectivity index (χ0v) is 10.3. The third kappa shape index (κ3) is 1.60. The fourth-order valence-corrected chi connectivity index (χ4v) is 3.13. The molecule has 1 heterocycles. The number of hydrogen-bond donors (Lipinski definition) is 0. The maximum Gasteiger partial charge on any atom is 0.0125 e. The van der Waals surface area contributed by atoms with Crippen LogP contribution in [0.25, 0.3) is 0 Å². The Morgan fingerprint density at radius 1 is 1.21 bits per heavy atom. The average molecular weight is 195 g/mol. The van der Waals surface area contributed by atoms with Gasteiger partial charge < -0.3 is 0 Å². The van der Waals surface area contributed by atoms with Crippen LogP contribution in [0.15, 0.2) is 0 Å². The van der Waals surface area contributed by atoms with Gasteiger partial charge >= 0.3 is 0 Å². The molecule has 1 saturated carbocycles.